The maximum atomic E-state index is 11.8. The molecular formula is C58H53N3O. The fourth-order valence-corrected chi connectivity index (χ4v) is 8.55. The maximum absolute atomic E-state index is 11.8. The molecule has 2 heterocycles. The average Bonchev–Trinajstić information content (AvgIpc) is 3.67. The highest BCUT2D eigenvalue weighted by molar-refractivity contribution is 5.98. The van der Waals surface area contributed by atoms with E-state index in [1.165, 1.54) is 22.3 Å². The first-order valence-corrected chi connectivity index (χ1v) is 21.5. The van der Waals surface area contributed by atoms with Crippen molar-refractivity contribution in [2.24, 2.45) is 0 Å². The number of para-hydroxylation sites is 1. The lowest BCUT2D eigenvalue weighted by molar-refractivity contribution is 0.472. The molecule has 0 aliphatic heterocycles. The van der Waals surface area contributed by atoms with E-state index in [-0.39, 0.29) is 16.6 Å². The Morgan fingerprint density at radius 3 is 1.77 bits per heavy atom. The number of fused-ring (bicyclic) bond motifs is 1. The minimum atomic E-state index is -0.141. The number of phenolic OH excluding ortho intramolecular Hbond substituents is 1. The van der Waals surface area contributed by atoms with Crippen molar-refractivity contribution in [3.05, 3.63) is 192 Å². The Kier molecular flexibility index (Phi) is 10.3. The summed E-state index contributed by atoms with van der Waals surface area (Å²) in [6.07, 6.45) is 1.92. The fraction of sp³-hybridized carbons (Fsp3) is 0.172. The van der Waals surface area contributed by atoms with E-state index in [1.807, 2.05) is 25.3 Å². The second-order valence-electron chi connectivity index (χ2n) is 18.7. The van der Waals surface area contributed by atoms with Gasteiger partial charge in [-0.2, -0.15) is 0 Å². The highest BCUT2D eigenvalue weighted by Crippen LogP contribution is 2.43. The molecule has 0 aliphatic carbocycles. The lowest BCUT2D eigenvalue weighted by atomic mass is 9.83. The number of pyridine rings is 1. The molecule has 0 atom stereocenters. The van der Waals surface area contributed by atoms with Crippen molar-refractivity contribution in [1.29, 1.82) is 0 Å². The van der Waals surface area contributed by atoms with E-state index in [0.717, 1.165) is 72.5 Å². The predicted octanol–water partition coefficient (Wildman–Crippen LogP) is 15.3. The summed E-state index contributed by atoms with van der Waals surface area (Å²) in [6, 6.07) is 58.3. The van der Waals surface area contributed by atoms with Crippen LogP contribution in [0.25, 0.3) is 83.9 Å². The van der Waals surface area contributed by atoms with Crippen molar-refractivity contribution < 1.29 is 5.11 Å². The zero-order valence-electron chi connectivity index (χ0n) is 37.0. The molecule has 2 aromatic heterocycles. The van der Waals surface area contributed by atoms with Crippen LogP contribution in [0.3, 0.4) is 0 Å². The van der Waals surface area contributed by atoms with Crippen molar-refractivity contribution in [3.8, 4) is 78.6 Å². The summed E-state index contributed by atoms with van der Waals surface area (Å²) < 4.78 is 2.25. The molecule has 0 unspecified atom stereocenters. The van der Waals surface area contributed by atoms with Crippen LogP contribution < -0.4 is 0 Å². The Morgan fingerprint density at radius 2 is 1.10 bits per heavy atom. The SMILES string of the molecule is Cc1cc(C)c(O)c(-c2nc3c(-c4cc(-c5cc(-c6ccc(-c7ccccc7)cc6)ccn5)cc(C(C)(C)C)c4)cccc3n2-c2ccc(C(C)(C)C)cc2-c2ccccc2)c1. The standard InChI is InChI=1S/C58H53N3O/c1-37-30-38(2)55(62)50(31-37)56-60-54-48(20-15-21-53(54)61(56)52-27-26-46(57(3,4)5)36-49(52)42-18-13-10-14-19-42)44-32-45(34-47(33-44)58(6,7)8)51-35-43(28-29-59-51)41-24-22-40(23-25-41)39-16-11-9-12-17-39/h9-36,62H,1-8H3. The van der Waals surface area contributed by atoms with E-state index in [2.05, 4.69) is 205 Å². The van der Waals surface area contributed by atoms with Crippen LogP contribution in [0.1, 0.15) is 63.8 Å². The summed E-state index contributed by atoms with van der Waals surface area (Å²) in [5.41, 5.74) is 18.5. The third-order valence-corrected chi connectivity index (χ3v) is 12.1. The van der Waals surface area contributed by atoms with Gasteiger partial charge in [0.25, 0.3) is 0 Å². The first-order chi connectivity index (χ1) is 29.7. The number of hydrogen-bond acceptors (Lipinski definition) is 3. The van der Waals surface area contributed by atoms with Gasteiger partial charge >= 0.3 is 0 Å². The van der Waals surface area contributed by atoms with E-state index in [0.29, 0.717) is 11.4 Å². The van der Waals surface area contributed by atoms with Crippen LogP contribution >= 0.6 is 0 Å². The summed E-state index contributed by atoms with van der Waals surface area (Å²) in [7, 11) is 0. The van der Waals surface area contributed by atoms with Crippen molar-refractivity contribution in [2.75, 3.05) is 0 Å². The highest BCUT2D eigenvalue weighted by atomic mass is 16.3. The smallest absolute Gasteiger partial charge is 0.149 e. The monoisotopic (exact) mass is 807 g/mol. The molecule has 0 bridgehead atoms. The second kappa shape index (κ2) is 15.8. The second-order valence-corrected chi connectivity index (χ2v) is 18.7. The molecular weight excluding hydrogens is 755 g/mol. The molecule has 4 nitrogen and oxygen atoms in total. The van der Waals surface area contributed by atoms with Gasteiger partial charge in [0.2, 0.25) is 0 Å². The predicted molar refractivity (Wildman–Crippen MR) is 260 cm³/mol. The zero-order valence-corrected chi connectivity index (χ0v) is 37.0. The number of aromatic hydroxyl groups is 1. The van der Waals surface area contributed by atoms with Gasteiger partial charge in [-0.1, -0.05) is 157 Å². The van der Waals surface area contributed by atoms with E-state index in [9.17, 15) is 5.11 Å². The molecule has 0 spiro atoms. The van der Waals surface area contributed by atoms with Crippen molar-refractivity contribution in [3.63, 3.8) is 0 Å². The lowest BCUT2D eigenvalue weighted by Gasteiger charge is -2.23. The summed E-state index contributed by atoms with van der Waals surface area (Å²) in [4.78, 5) is 10.5. The molecule has 62 heavy (non-hydrogen) atoms. The molecule has 1 N–H and O–H groups in total. The molecule has 9 aromatic rings. The van der Waals surface area contributed by atoms with E-state index in [1.54, 1.807) is 0 Å². The number of hydrogen-bond donors (Lipinski definition) is 1. The van der Waals surface area contributed by atoms with Crippen molar-refractivity contribution >= 4 is 11.0 Å². The maximum Gasteiger partial charge on any atom is 0.149 e. The molecule has 9 rings (SSSR count). The van der Waals surface area contributed by atoms with E-state index in [4.69, 9.17) is 9.97 Å². The number of benzene rings is 7. The number of aryl methyl sites for hydroxylation is 2. The minimum Gasteiger partial charge on any atom is -0.507 e. The van der Waals surface area contributed by atoms with Crippen LogP contribution in [0.15, 0.2) is 170 Å². The van der Waals surface area contributed by atoms with E-state index < -0.39 is 0 Å². The summed E-state index contributed by atoms with van der Waals surface area (Å²) in [6.45, 7) is 17.6. The normalized spacial score (nSPS) is 11.9. The van der Waals surface area contributed by atoms with Crippen molar-refractivity contribution in [2.45, 2.75) is 66.2 Å². The summed E-state index contributed by atoms with van der Waals surface area (Å²) >= 11 is 0. The van der Waals surface area contributed by atoms with Gasteiger partial charge in [0.15, 0.2) is 0 Å². The molecule has 0 saturated heterocycles. The third-order valence-electron chi connectivity index (χ3n) is 12.1. The van der Waals surface area contributed by atoms with Crippen LogP contribution in [-0.2, 0) is 10.8 Å². The highest BCUT2D eigenvalue weighted by Gasteiger charge is 2.25. The van der Waals surface area contributed by atoms with E-state index >= 15 is 0 Å². The summed E-state index contributed by atoms with van der Waals surface area (Å²) in [5, 5.41) is 11.8. The Balaban J connectivity index is 1.25. The van der Waals surface area contributed by atoms with Gasteiger partial charge in [0.1, 0.15) is 11.6 Å². The zero-order chi connectivity index (χ0) is 43.3. The first-order valence-electron chi connectivity index (χ1n) is 21.5. The minimum absolute atomic E-state index is 0.0574. The van der Waals surface area contributed by atoms with Crippen LogP contribution in [0.5, 0.6) is 5.75 Å². The summed E-state index contributed by atoms with van der Waals surface area (Å²) in [5.74, 6) is 0.927. The largest absolute Gasteiger partial charge is 0.507 e. The molecule has 4 heteroatoms. The van der Waals surface area contributed by atoms with Crippen molar-refractivity contribution in [1.82, 2.24) is 14.5 Å². The van der Waals surface area contributed by atoms with Crippen LogP contribution in [0, 0.1) is 13.8 Å². The van der Waals surface area contributed by atoms with Gasteiger partial charge in [-0.3, -0.25) is 9.55 Å². The Labute approximate surface area is 366 Å². The number of nitrogens with zero attached hydrogens (tertiary/aromatic N) is 3. The van der Waals surface area contributed by atoms with Gasteiger partial charge in [-0.05, 0) is 129 Å². The molecule has 0 aliphatic rings. The Bertz CT molecular complexity index is 3090. The first kappa shape index (κ1) is 40.4. The quantitative estimate of drug-likeness (QED) is 0.174. The topological polar surface area (TPSA) is 50.9 Å². The van der Waals surface area contributed by atoms with Crippen LogP contribution in [-0.4, -0.2) is 19.6 Å². The van der Waals surface area contributed by atoms with Gasteiger partial charge in [0.05, 0.1) is 28.0 Å². The number of phenols is 1. The Morgan fingerprint density at radius 1 is 0.468 bits per heavy atom. The molecule has 306 valence electrons. The number of aromatic nitrogens is 3. The average molecular weight is 808 g/mol. The van der Waals surface area contributed by atoms with Crippen LogP contribution in [0.4, 0.5) is 0 Å². The third kappa shape index (κ3) is 7.74. The molecule has 7 aromatic carbocycles. The molecule has 0 radical (unpaired) electrons. The number of rotatable bonds is 7. The van der Waals surface area contributed by atoms with Crippen LogP contribution in [0.2, 0.25) is 0 Å². The van der Waals surface area contributed by atoms with Gasteiger partial charge in [-0.15, -0.1) is 0 Å². The molecule has 0 fully saturated rings. The Hall–Kier alpha value is -7.04. The fourth-order valence-electron chi connectivity index (χ4n) is 8.55. The van der Waals surface area contributed by atoms with Gasteiger partial charge in [0, 0.05) is 22.9 Å². The van der Waals surface area contributed by atoms with Gasteiger partial charge in [-0.25, -0.2) is 4.98 Å². The molecule has 0 saturated carbocycles. The number of imidazole rings is 1. The molecule has 0 amide bonds. The lowest BCUT2D eigenvalue weighted by Crippen LogP contribution is -2.12. The van der Waals surface area contributed by atoms with Gasteiger partial charge < -0.3 is 5.11 Å².